The molecule has 0 aromatic heterocycles. The van der Waals surface area contributed by atoms with Crippen molar-refractivity contribution in [3.63, 3.8) is 0 Å². The average molecular weight is 202 g/mol. The van der Waals surface area contributed by atoms with Gasteiger partial charge >= 0.3 is 5.97 Å². The van der Waals surface area contributed by atoms with Crippen LogP contribution in [0.15, 0.2) is 30.3 Å². The lowest BCUT2D eigenvalue weighted by Crippen LogP contribution is -1.94. The van der Waals surface area contributed by atoms with Gasteiger partial charge < -0.3 is 5.11 Å². The first-order chi connectivity index (χ1) is 7.16. The molecule has 0 heterocycles. The highest BCUT2D eigenvalue weighted by Crippen LogP contribution is 2.41. The van der Waals surface area contributed by atoms with Crippen LogP contribution < -0.4 is 0 Å². The quantitative estimate of drug-likeness (QED) is 0.765. The van der Waals surface area contributed by atoms with Gasteiger partial charge in [0.25, 0.3) is 0 Å². The summed E-state index contributed by atoms with van der Waals surface area (Å²) in [7, 11) is 0. The lowest BCUT2D eigenvalue weighted by atomic mass is 10.00. The number of hydrogen-bond donors (Lipinski definition) is 1. The molecule has 1 aromatic carbocycles. The van der Waals surface area contributed by atoms with Gasteiger partial charge in [-0.25, -0.2) is 4.79 Å². The molecule has 1 aliphatic rings. The van der Waals surface area contributed by atoms with Crippen LogP contribution in [0.2, 0.25) is 0 Å². The van der Waals surface area contributed by atoms with E-state index in [1.54, 1.807) is 0 Å². The van der Waals surface area contributed by atoms with Crippen LogP contribution in [0.25, 0.3) is 5.57 Å². The van der Waals surface area contributed by atoms with E-state index in [9.17, 15) is 4.79 Å². The molecule has 15 heavy (non-hydrogen) atoms. The van der Waals surface area contributed by atoms with Gasteiger partial charge in [-0.1, -0.05) is 29.8 Å². The highest BCUT2D eigenvalue weighted by molar-refractivity contribution is 5.91. The summed E-state index contributed by atoms with van der Waals surface area (Å²) in [5.74, 6) is -0.388. The highest BCUT2D eigenvalue weighted by Gasteiger charge is 2.27. The molecule has 0 atom stereocenters. The number of aliphatic carboxylic acids is 1. The zero-order chi connectivity index (χ0) is 10.8. The summed E-state index contributed by atoms with van der Waals surface area (Å²) in [6, 6.07) is 8.05. The minimum absolute atomic E-state index is 0.462. The molecule has 0 radical (unpaired) electrons. The third-order valence-electron chi connectivity index (χ3n) is 2.68. The Hall–Kier alpha value is -1.57. The standard InChI is InChI=1S/C13H14O2/c1-9-2-4-10(5-3-9)12(8-13(14)15)11-6-7-11/h2-5,8,11H,6-7H2,1H3,(H,14,15). The minimum atomic E-state index is -0.850. The molecular weight excluding hydrogens is 188 g/mol. The van der Waals surface area contributed by atoms with E-state index in [1.807, 2.05) is 31.2 Å². The van der Waals surface area contributed by atoms with Crippen molar-refractivity contribution in [1.29, 1.82) is 0 Å². The smallest absolute Gasteiger partial charge is 0.328 e. The highest BCUT2D eigenvalue weighted by atomic mass is 16.4. The maximum atomic E-state index is 10.7. The molecule has 1 fully saturated rings. The van der Waals surface area contributed by atoms with Gasteiger partial charge in [-0.15, -0.1) is 0 Å². The zero-order valence-electron chi connectivity index (χ0n) is 8.73. The van der Waals surface area contributed by atoms with Crippen molar-refractivity contribution in [2.24, 2.45) is 5.92 Å². The van der Waals surface area contributed by atoms with Crippen LogP contribution in [0.5, 0.6) is 0 Å². The molecule has 0 saturated heterocycles. The topological polar surface area (TPSA) is 37.3 Å². The Morgan fingerprint density at radius 2 is 1.93 bits per heavy atom. The summed E-state index contributed by atoms with van der Waals surface area (Å²) in [4.78, 5) is 10.7. The molecule has 0 bridgehead atoms. The SMILES string of the molecule is Cc1ccc(C(=CC(=O)O)C2CC2)cc1. The van der Waals surface area contributed by atoms with Crippen molar-refractivity contribution in [1.82, 2.24) is 0 Å². The van der Waals surface area contributed by atoms with Gasteiger partial charge in [0.1, 0.15) is 0 Å². The van der Waals surface area contributed by atoms with Crippen LogP contribution in [0.4, 0.5) is 0 Å². The van der Waals surface area contributed by atoms with Gasteiger partial charge in [-0.2, -0.15) is 0 Å². The van der Waals surface area contributed by atoms with E-state index in [4.69, 9.17) is 5.11 Å². The van der Waals surface area contributed by atoms with E-state index in [0.29, 0.717) is 5.92 Å². The van der Waals surface area contributed by atoms with Crippen LogP contribution in [0.3, 0.4) is 0 Å². The molecule has 78 valence electrons. The van der Waals surface area contributed by atoms with Crippen molar-refractivity contribution >= 4 is 11.5 Å². The number of carbonyl (C=O) groups is 1. The van der Waals surface area contributed by atoms with Crippen LogP contribution in [-0.2, 0) is 4.79 Å². The molecule has 1 saturated carbocycles. The van der Waals surface area contributed by atoms with Crippen LogP contribution in [0, 0.1) is 12.8 Å². The predicted octanol–water partition coefficient (Wildman–Crippen LogP) is 2.87. The predicted molar refractivity (Wildman–Crippen MR) is 59.5 cm³/mol. The molecular formula is C13H14O2. The molecule has 1 aromatic rings. The maximum Gasteiger partial charge on any atom is 0.328 e. The average Bonchev–Trinajstić information content (AvgIpc) is 2.99. The number of carboxylic acid groups (broad SMARTS) is 1. The zero-order valence-corrected chi connectivity index (χ0v) is 8.73. The number of aryl methyl sites for hydroxylation is 1. The first-order valence-corrected chi connectivity index (χ1v) is 5.18. The lowest BCUT2D eigenvalue weighted by Gasteiger charge is -2.05. The number of carboxylic acids is 1. The van der Waals surface area contributed by atoms with Gasteiger partial charge in [0.2, 0.25) is 0 Å². The molecule has 0 unspecified atom stereocenters. The molecule has 1 N–H and O–H groups in total. The Kier molecular flexibility index (Phi) is 2.58. The van der Waals surface area contributed by atoms with Crippen LogP contribution >= 0.6 is 0 Å². The Bertz CT molecular complexity index is 397. The maximum absolute atomic E-state index is 10.7. The number of hydrogen-bond acceptors (Lipinski definition) is 1. The molecule has 0 spiro atoms. The summed E-state index contributed by atoms with van der Waals surface area (Å²) in [6.07, 6.45) is 3.59. The summed E-state index contributed by atoms with van der Waals surface area (Å²) < 4.78 is 0. The van der Waals surface area contributed by atoms with Gasteiger partial charge in [-0.05, 0) is 36.8 Å². The molecule has 2 heteroatoms. The fourth-order valence-electron chi connectivity index (χ4n) is 1.71. The Balaban J connectivity index is 2.32. The molecule has 1 aliphatic carbocycles. The Morgan fingerprint density at radius 1 is 1.33 bits per heavy atom. The number of benzene rings is 1. The summed E-state index contributed by atoms with van der Waals surface area (Å²) in [6.45, 7) is 2.03. The largest absolute Gasteiger partial charge is 0.478 e. The van der Waals surface area contributed by atoms with Crippen molar-refractivity contribution in [3.05, 3.63) is 41.5 Å². The van der Waals surface area contributed by atoms with Crippen molar-refractivity contribution in [2.45, 2.75) is 19.8 Å². The van der Waals surface area contributed by atoms with E-state index in [-0.39, 0.29) is 0 Å². The fourth-order valence-corrected chi connectivity index (χ4v) is 1.71. The van der Waals surface area contributed by atoms with Crippen LogP contribution in [0.1, 0.15) is 24.0 Å². The first kappa shape index (κ1) is 9.97. The van der Waals surface area contributed by atoms with Crippen molar-refractivity contribution < 1.29 is 9.90 Å². The van der Waals surface area contributed by atoms with Gasteiger partial charge in [-0.3, -0.25) is 0 Å². The second-order valence-corrected chi connectivity index (χ2v) is 4.08. The van der Waals surface area contributed by atoms with Gasteiger partial charge in [0.05, 0.1) is 0 Å². The second kappa shape index (κ2) is 3.89. The Labute approximate surface area is 89.2 Å². The molecule has 0 aliphatic heterocycles. The van der Waals surface area contributed by atoms with E-state index >= 15 is 0 Å². The van der Waals surface area contributed by atoms with Crippen molar-refractivity contribution in [2.75, 3.05) is 0 Å². The molecule has 0 amide bonds. The minimum Gasteiger partial charge on any atom is -0.478 e. The van der Waals surface area contributed by atoms with E-state index < -0.39 is 5.97 Å². The third-order valence-corrected chi connectivity index (χ3v) is 2.68. The summed E-state index contributed by atoms with van der Waals surface area (Å²) in [5, 5.41) is 8.80. The number of rotatable bonds is 3. The molecule has 2 rings (SSSR count). The normalized spacial score (nSPS) is 16.5. The summed E-state index contributed by atoms with van der Waals surface area (Å²) in [5.41, 5.74) is 3.22. The number of allylic oxidation sites excluding steroid dienone is 1. The van der Waals surface area contributed by atoms with Gasteiger partial charge in [0.15, 0.2) is 0 Å². The monoisotopic (exact) mass is 202 g/mol. The van der Waals surface area contributed by atoms with E-state index in [2.05, 4.69) is 0 Å². The van der Waals surface area contributed by atoms with Gasteiger partial charge in [0, 0.05) is 6.08 Å². The van der Waals surface area contributed by atoms with Crippen molar-refractivity contribution in [3.8, 4) is 0 Å². The van der Waals surface area contributed by atoms with E-state index in [0.717, 1.165) is 24.0 Å². The third kappa shape index (κ3) is 2.46. The fraction of sp³-hybridized carbons (Fsp3) is 0.308. The Morgan fingerprint density at radius 3 is 2.40 bits per heavy atom. The first-order valence-electron chi connectivity index (χ1n) is 5.18. The summed E-state index contributed by atoms with van der Waals surface area (Å²) >= 11 is 0. The van der Waals surface area contributed by atoms with Crippen LogP contribution in [-0.4, -0.2) is 11.1 Å². The van der Waals surface area contributed by atoms with E-state index in [1.165, 1.54) is 11.6 Å². The second-order valence-electron chi connectivity index (χ2n) is 4.08. The lowest BCUT2D eigenvalue weighted by molar-refractivity contribution is -0.131. The molecule has 2 nitrogen and oxygen atoms in total.